The molecule has 130 valence electrons. The van der Waals surface area contributed by atoms with Crippen LogP contribution in [0.15, 0.2) is 53.9 Å². The highest BCUT2D eigenvalue weighted by Gasteiger charge is 2.31. The number of pyridine rings is 1. The Bertz CT molecular complexity index is 923. The number of aromatic nitrogens is 4. The van der Waals surface area contributed by atoms with Gasteiger partial charge in [-0.3, -0.25) is 9.55 Å². The molecule has 0 unspecified atom stereocenters. The topological polar surface area (TPSA) is 67.4 Å². The summed E-state index contributed by atoms with van der Waals surface area (Å²) in [6, 6.07) is 15.1. The maximum atomic E-state index is 9.63. The largest absolute Gasteiger partial charge is 0.299 e. The van der Waals surface area contributed by atoms with E-state index in [0.717, 1.165) is 29.4 Å². The van der Waals surface area contributed by atoms with E-state index in [-0.39, 0.29) is 5.25 Å². The van der Waals surface area contributed by atoms with Crippen molar-refractivity contribution in [3.05, 3.63) is 59.9 Å². The van der Waals surface area contributed by atoms with Gasteiger partial charge in [-0.2, -0.15) is 5.26 Å². The molecule has 0 N–H and O–H groups in total. The van der Waals surface area contributed by atoms with Gasteiger partial charge in [0.2, 0.25) is 0 Å². The second kappa shape index (κ2) is 7.30. The van der Waals surface area contributed by atoms with Gasteiger partial charge in [0.15, 0.2) is 11.0 Å². The van der Waals surface area contributed by atoms with Gasteiger partial charge in [-0.15, -0.1) is 10.2 Å². The molecule has 1 aromatic carbocycles. The lowest BCUT2D eigenvalue weighted by Gasteiger charge is -2.11. The van der Waals surface area contributed by atoms with Crippen LogP contribution in [0.2, 0.25) is 0 Å². The van der Waals surface area contributed by atoms with Crippen molar-refractivity contribution in [3.63, 3.8) is 0 Å². The zero-order valence-electron chi connectivity index (χ0n) is 14.5. The molecule has 3 aromatic rings. The Hall–Kier alpha value is -2.65. The Morgan fingerprint density at radius 1 is 1.23 bits per heavy atom. The SMILES string of the molecule is Cc1ccc(C[C@H](C#N)Sc2nnc(-c3cccnc3)n2C2CC2)cc1. The lowest BCUT2D eigenvalue weighted by molar-refractivity contribution is 0.668. The van der Waals surface area contributed by atoms with Crippen molar-refractivity contribution in [2.45, 2.75) is 42.6 Å². The van der Waals surface area contributed by atoms with E-state index < -0.39 is 0 Å². The quantitative estimate of drug-likeness (QED) is 0.615. The molecule has 4 rings (SSSR count). The Labute approximate surface area is 157 Å². The third-order valence-corrected chi connectivity index (χ3v) is 5.48. The van der Waals surface area contributed by atoms with Crippen molar-refractivity contribution in [2.75, 3.05) is 0 Å². The van der Waals surface area contributed by atoms with Gasteiger partial charge in [-0.1, -0.05) is 41.6 Å². The minimum Gasteiger partial charge on any atom is -0.299 e. The van der Waals surface area contributed by atoms with Gasteiger partial charge in [0.05, 0.1) is 6.07 Å². The first-order valence-electron chi connectivity index (χ1n) is 8.71. The number of benzene rings is 1. The normalized spacial score (nSPS) is 14.8. The monoisotopic (exact) mass is 361 g/mol. The Kier molecular flexibility index (Phi) is 4.72. The molecule has 1 atom stereocenters. The first kappa shape index (κ1) is 16.8. The van der Waals surface area contributed by atoms with Crippen LogP contribution in [0, 0.1) is 18.3 Å². The van der Waals surface area contributed by atoms with Crippen LogP contribution in [-0.4, -0.2) is 25.0 Å². The van der Waals surface area contributed by atoms with Crippen LogP contribution in [-0.2, 0) is 6.42 Å². The summed E-state index contributed by atoms with van der Waals surface area (Å²) in [6.07, 6.45) is 6.53. The van der Waals surface area contributed by atoms with E-state index >= 15 is 0 Å². The fourth-order valence-corrected chi connectivity index (χ4v) is 3.91. The molecule has 2 heterocycles. The zero-order chi connectivity index (χ0) is 17.9. The summed E-state index contributed by atoms with van der Waals surface area (Å²) < 4.78 is 2.18. The molecule has 6 heteroatoms. The first-order chi connectivity index (χ1) is 12.7. The first-order valence-corrected chi connectivity index (χ1v) is 9.59. The summed E-state index contributed by atoms with van der Waals surface area (Å²) in [6.45, 7) is 2.07. The predicted octanol–water partition coefficient (Wildman–Crippen LogP) is 4.21. The van der Waals surface area contributed by atoms with Crippen molar-refractivity contribution in [1.29, 1.82) is 5.26 Å². The molecular formula is C20H19N5S. The lowest BCUT2D eigenvalue weighted by Crippen LogP contribution is -2.07. The molecule has 1 fully saturated rings. The summed E-state index contributed by atoms with van der Waals surface area (Å²) in [5.74, 6) is 0.843. The number of aryl methyl sites for hydroxylation is 1. The van der Waals surface area contributed by atoms with E-state index in [9.17, 15) is 5.26 Å². The fraction of sp³-hybridized carbons (Fsp3) is 0.300. The van der Waals surface area contributed by atoms with Gasteiger partial charge < -0.3 is 0 Å². The molecule has 0 bridgehead atoms. The van der Waals surface area contributed by atoms with Gasteiger partial charge in [0.25, 0.3) is 0 Å². The lowest BCUT2D eigenvalue weighted by atomic mass is 10.1. The maximum absolute atomic E-state index is 9.63. The molecule has 0 spiro atoms. The standard InChI is InChI=1S/C20H19N5S/c1-14-4-6-15(7-5-14)11-18(12-21)26-20-24-23-19(25(20)17-8-9-17)16-3-2-10-22-13-16/h2-7,10,13,17-18H,8-9,11H2,1H3/t18-/m1/s1. The van der Waals surface area contributed by atoms with Gasteiger partial charge in [0, 0.05) is 24.0 Å². The Morgan fingerprint density at radius 2 is 2.04 bits per heavy atom. The molecular weight excluding hydrogens is 342 g/mol. The van der Waals surface area contributed by atoms with E-state index in [0.29, 0.717) is 12.5 Å². The van der Waals surface area contributed by atoms with Crippen molar-refractivity contribution < 1.29 is 0 Å². The summed E-state index contributed by atoms with van der Waals surface area (Å²) in [7, 11) is 0. The second-order valence-electron chi connectivity index (χ2n) is 6.57. The number of nitrogens with zero attached hydrogens (tertiary/aromatic N) is 5. The fourth-order valence-electron chi connectivity index (χ4n) is 2.89. The van der Waals surface area contributed by atoms with Crippen molar-refractivity contribution in [2.24, 2.45) is 0 Å². The summed E-state index contributed by atoms with van der Waals surface area (Å²) in [5.41, 5.74) is 3.36. The smallest absolute Gasteiger partial charge is 0.193 e. The van der Waals surface area contributed by atoms with Gasteiger partial charge in [-0.25, -0.2) is 0 Å². The van der Waals surface area contributed by atoms with Gasteiger partial charge in [0.1, 0.15) is 5.25 Å². The van der Waals surface area contributed by atoms with Crippen LogP contribution < -0.4 is 0 Å². The third-order valence-electron chi connectivity index (χ3n) is 4.43. The molecule has 1 aliphatic carbocycles. The molecule has 0 amide bonds. The number of rotatable bonds is 6. The molecule has 0 saturated heterocycles. The number of hydrogen-bond donors (Lipinski definition) is 0. The summed E-state index contributed by atoms with van der Waals surface area (Å²) in [4.78, 5) is 4.19. The van der Waals surface area contributed by atoms with Crippen molar-refractivity contribution in [1.82, 2.24) is 19.7 Å². The average Bonchev–Trinajstić information content (AvgIpc) is 3.43. The Balaban J connectivity index is 1.58. The molecule has 5 nitrogen and oxygen atoms in total. The molecule has 0 radical (unpaired) electrons. The van der Waals surface area contributed by atoms with E-state index in [1.807, 2.05) is 18.3 Å². The summed E-state index contributed by atoms with van der Waals surface area (Å²) in [5, 5.41) is 19.1. The van der Waals surface area contributed by atoms with E-state index in [1.54, 1.807) is 6.20 Å². The predicted molar refractivity (Wildman–Crippen MR) is 102 cm³/mol. The molecule has 26 heavy (non-hydrogen) atoms. The maximum Gasteiger partial charge on any atom is 0.193 e. The van der Waals surface area contributed by atoms with Crippen LogP contribution in [0.3, 0.4) is 0 Å². The number of hydrogen-bond acceptors (Lipinski definition) is 5. The van der Waals surface area contributed by atoms with Crippen molar-refractivity contribution >= 4 is 11.8 Å². The van der Waals surface area contributed by atoms with E-state index in [4.69, 9.17) is 0 Å². The zero-order valence-corrected chi connectivity index (χ0v) is 15.4. The molecule has 1 saturated carbocycles. The highest BCUT2D eigenvalue weighted by Crippen LogP contribution is 2.41. The minimum absolute atomic E-state index is 0.193. The van der Waals surface area contributed by atoms with Crippen LogP contribution >= 0.6 is 11.8 Å². The van der Waals surface area contributed by atoms with Crippen LogP contribution in [0.4, 0.5) is 0 Å². The highest BCUT2D eigenvalue weighted by molar-refractivity contribution is 8.00. The summed E-state index contributed by atoms with van der Waals surface area (Å²) >= 11 is 1.51. The number of nitriles is 1. The molecule has 1 aliphatic rings. The molecule has 2 aromatic heterocycles. The molecule has 0 aliphatic heterocycles. The highest BCUT2D eigenvalue weighted by atomic mass is 32.2. The number of thioether (sulfide) groups is 1. The van der Waals surface area contributed by atoms with E-state index in [2.05, 4.69) is 57.0 Å². The van der Waals surface area contributed by atoms with Crippen LogP contribution in [0.25, 0.3) is 11.4 Å². The van der Waals surface area contributed by atoms with Gasteiger partial charge in [-0.05, 0) is 43.9 Å². The minimum atomic E-state index is -0.193. The van der Waals surface area contributed by atoms with Gasteiger partial charge >= 0.3 is 0 Å². The second-order valence-corrected chi connectivity index (χ2v) is 7.74. The third kappa shape index (κ3) is 3.63. The average molecular weight is 361 g/mol. The van der Waals surface area contributed by atoms with Crippen molar-refractivity contribution in [3.8, 4) is 17.5 Å². The Morgan fingerprint density at radius 3 is 2.69 bits per heavy atom. The van der Waals surface area contributed by atoms with E-state index in [1.165, 1.54) is 22.9 Å². The van der Waals surface area contributed by atoms with Crippen LogP contribution in [0.1, 0.15) is 30.0 Å². The van der Waals surface area contributed by atoms with Crippen LogP contribution in [0.5, 0.6) is 0 Å².